The molecule has 1 aromatic heterocycles. The molecule has 0 spiro atoms. The molecule has 0 saturated carbocycles. The van der Waals surface area contributed by atoms with Crippen LogP contribution in [0.4, 0.5) is 0 Å². The number of pyridine rings is 1. The molecule has 50 valence electrons. The zero-order valence-electron chi connectivity index (χ0n) is 4.52. The van der Waals surface area contributed by atoms with Crippen molar-refractivity contribution < 1.29 is 8.76 Å². The molecule has 1 atom stereocenters. The predicted octanol–water partition coefficient (Wildman–Crippen LogP) is 0.0137. The molecule has 0 fully saturated rings. The third kappa shape index (κ3) is 2.63. The summed E-state index contributed by atoms with van der Waals surface area (Å²) in [6.45, 7) is 0. The van der Waals surface area contributed by atoms with Crippen molar-refractivity contribution in [3.8, 4) is 0 Å². The van der Waals surface area contributed by atoms with E-state index in [1.54, 1.807) is 12.1 Å². The standard InChI is InChI=1S/C5H5NO2S.Li.H/c7-9(8)5-3-1-2-4-6-5;;/h1-4H,(H,7,8);;. The van der Waals surface area contributed by atoms with E-state index in [4.69, 9.17) is 4.55 Å². The van der Waals surface area contributed by atoms with Crippen molar-refractivity contribution >= 4 is 29.9 Å². The molecule has 0 bridgehead atoms. The fraction of sp³-hybridized carbons (Fsp3) is 0. The Morgan fingerprint density at radius 2 is 2.20 bits per heavy atom. The second-order valence-electron chi connectivity index (χ2n) is 1.42. The van der Waals surface area contributed by atoms with Crippen LogP contribution in [-0.2, 0) is 11.1 Å². The maximum atomic E-state index is 10.2. The summed E-state index contributed by atoms with van der Waals surface area (Å²) >= 11 is -1.94. The van der Waals surface area contributed by atoms with Crippen LogP contribution in [-0.4, -0.2) is 32.6 Å². The van der Waals surface area contributed by atoms with Crippen molar-refractivity contribution in [1.29, 1.82) is 0 Å². The zero-order valence-corrected chi connectivity index (χ0v) is 5.34. The van der Waals surface area contributed by atoms with Crippen LogP contribution < -0.4 is 0 Å². The molecular formula is C5H6LiNO2S. The Bertz CT molecular complexity index is 216. The van der Waals surface area contributed by atoms with Crippen LogP contribution in [0.5, 0.6) is 0 Å². The number of aromatic nitrogens is 1. The Hall–Kier alpha value is -0.143. The predicted molar refractivity (Wildman–Crippen MR) is 40.4 cm³/mol. The first-order valence-corrected chi connectivity index (χ1v) is 3.43. The van der Waals surface area contributed by atoms with E-state index < -0.39 is 11.1 Å². The van der Waals surface area contributed by atoms with E-state index in [9.17, 15) is 4.21 Å². The molecule has 0 amide bonds. The Morgan fingerprint density at radius 1 is 1.50 bits per heavy atom. The van der Waals surface area contributed by atoms with E-state index >= 15 is 0 Å². The van der Waals surface area contributed by atoms with Crippen LogP contribution in [0.3, 0.4) is 0 Å². The molecular weight excluding hydrogens is 145 g/mol. The molecule has 0 aliphatic rings. The van der Waals surface area contributed by atoms with E-state index in [1.165, 1.54) is 12.3 Å². The molecule has 0 aromatic carbocycles. The summed E-state index contributed by atoms with van der Waals surface area (Å²) < 4.78 is 18.7. The van der Waals surface area contributed by atoms with Gasteiger partial charge in [0.15, 0.2) is 5.03 Å². The van der Waals surface area contributed by atoms with Gasteiger partial charge >= 0.3 is 18.9 Å². The molecule has 1 rings (SSSR count). The molecule has 3 nitrogen and oxygen atoms in total. The van der Waals surface area contributed by atoms with Crippen LogP contribution in [0.25, 0.3) is 0 Å². The Morgan fingerprint density at radius 3 is 2.50 bits per heavy atom. The van der Waals surface area contributed by atoms with Crippen molar-refractivity contribution in [2.45, 2.75) is 5.03 Å². The zero-order chi connectivity index (χ0) is 6.69. The fourth-order valence-corrected chi connectivity index (χ4v) is 0.796. The first-order valence-electron chi connectivity index (χ1n) is 2.32. The van der Waals surface area contributed by atoms with E-state index in [0.29, 0.717) is 0 Å². The van der Waals surface area contributed by atoms with Gasteiger partial charge in [-0.25, -0.2) is 9.19 Å². The second kappa shape index (κ2) is 4.64. The molecule has 1 N–H and O–H groups in total. The summed E-state index contributed by atoms with van der Waals surface area (Å²) in [6, 6.07) is 4.85. The summed E-state index contributed by atoms with van der Waals surface area (Å²) in [6.07, 6.45) is 1.48. The number of hydrogen-bond donors (Lipinski definition) is 1. The van der Waals surface area contributed by atoms with Crippen molar-refractivity contribution in [2.75, 3.05) is 0 Å². The van der Waals surface area contributed by atoms with Gasteiger partial charge in [-0.1, -0.05) is 6.07 Å². The van der Waals surface area contributed by atoms with Crippen LogP contribution in [0.1, 0.15) is 0 Å². The number of hydrogen-bond acceptors (Lipinski definition) is 2. The van der Waals surface area contributed by atoms with Gasteiger partial charge in [-0.2, -0.15) is 0 Å². The summed E-state index contributed by atoms with van der Waals surface area (Å²) in [7, 11) is 0. The summed E-state index contributed by atoms with van der Waals surface area (Å²) in [4.78, 5) is 3.63. The minimum absolute atomic E-state index is 0. The monoisotopic (exact) mass is 151 g/mol. The van der Waals surface area contributed by atoms with Crippen LogP contribution >= 0.6 is 0 Å². The average molecular weight is 151 g/mol. The van der Waals surface area contributed by atoms with Crippen molar-refractivity contribution in [3.63, 3.8) is 0 Å². The number of rotatable bonds is 1. The topological polar surface area (TPSA) is 50.2 Å². The summed E-state index contributed by atoms with van der Waals surface area (Å²) in [5.74, 6) is 0. The number of nitrogens with zero attached hydrogens (tertiary/aromatic N) is 1. The van der Waals surface area contributed by atoms with Gasteiger partial charge in [-0.3, -0.25) is 0 Å². The molecule has 0 radical (unpaired) electrons. The quantitative estimate of drug-likeness (QED) is 0.454. The molecule has 0 saturated heterocycles. The van der Waals surface area contributed by atoms with Gasteiger partial charge in [-0.05, 0) is 12.1 Å². The van der Waals surface area contributed by atoms with Crippen LogP contribution in [0.2, 0.25) is 0 Å². The van der Waals surface area contributed by atoms with Gasteiger partial charge in [0.25, 0.3) is 0 Å². The van der Waals surface area contributed by atoms with Gasteiger partial charge in [-0.15, -0.1) is 0 Å². The van der Waals surface area contributed by atoms with Gasteiger partial charge in [0, 0.05) is 6.20 Å². The van der Waals surface area contributed by atoms with Crippen molar-refractivity contribution in [3.05, 3.63) is 24.4 Å². The molecule has 1 aromatic rings. The maximum absolute atomic E-state index is 10.2. The van der Waals surface area contributed by atoms with Crippen LogP contribution in [0.15, 0.2) is 29.4 Å². The van der Waals surface area contributed by atoms with Crippen molar-refractivity contribution in [1.82, 2.24) is 4.98 Å². The molecule has 0 aliphatic heterocycles. The second-order valence-corrected chi connectivity index (χ2v) is 2.33. The Kier molecular flexibility index (Phi) is 4.57. The van der Waals surface area contributed by atoms with Gasteiger partial charge in [0.2, 0.25) is 11.1 Å². The molecule has 10 heavy (non-hydrogen) atoms. The molecule has 1 unspecified atom stereocenters. The third-order valence-corrected chi connectivity index (χ3v) is 1.42. The van der Waals surface area contributed by atoms with E-state index in [2.05, 4.69) is 4.98 Å². The molecule has 1 heterocycles. The fourth-order valence-electron chi connectivity index (χ4n) is 0.450. The van der Waals surface area contributed by atoms with Gasteiger partial charge in [0.1, 0.15) is 0 Å². The average Bonchev–Trinajstić information content (AvgIpc) is 1.90. The van der Waals surface area contributed by atoms with E-state index in [1.807, 2.05) is 0 Å². The SMILES string of the molecule is O=S(O)c1ccccn1.[LiH]. The third-order valence-electron chi connectivity index (χ3n) is 0.817. The first kappa shape index (κ1) is 9.86. The van der Waals surface area contributed by atoms with Crippen molar-refractivity contribution in [2.24, 2.45) is 0 Å². The first-order chi connectivity index (χ1) is 4.30. The van der Waals surface area contributed by atoms with Gasteiger partial charge in [0.05, 0.1) is 0 Å². The van der Waals surface area contributed by atoms with Crippen LogP contribution in [0, 0.1) is 0 Å². The minimum atomic E-state index is -1.94. The molecule has 0 aliphatic carbocycles. The Labute approximate surface area is 73.3 Å². The van der Waals surface area contributed by atoms with E-state index in [-0.39, 0.29) is 23.9 Å². The van der Waals surface area contributed by atoms with E-state index in [0.717, 1.165) is 0 Å². The normalized spacial score (nSPS) is 11.7. The molecule has 5 heteroatoms. The van der Waals surface area contributed by atoms with Gasteiger partial charge < -0.3 is 4.55 Å². The summed E-state index contributed by atoms with van der Waals surface area (Å²) in [5.41, 5.74) is 0. The Balaban J connectivity index is 0.000000810. The summed E-state index contributed by atoms with van der Waals surface area (Å²) in [5, 5.41) is 0.192.